The van der Waals surface area contributed by atoms with Crippen LogP contribution in [0.25, 0.3) is 0 Å². The molecule has 0 aromatic heterocycles. The van der Waals surface area contributed by atoms with Gasteiger partial charge in [0.15, 0.2) is 0 Å². The quantitative estimate of drug-likeness (QED) is 0.621. The summed E-state index contributed by atoms with van der Waals surface area (Å²) in [6.45, 7) is 9.55. The van der Waals surface area contributed by atoms with Crippen LogP contribution < -0.4 is 5.32 Å². The maximum absolute atomic E-state index is 8.93. The van der Waals surface area contributed by atoms with Gasteiger partial charge in [0.25, 0.3) is 0 Å². The molecule has 62 valence electrons. The molecule has 0 aliphatic carbocycles. The molecule has 2 N–H and O–H groups in total. The molecular formula is C8H19NO. The molecular weight excluding hydrogens is 126 g/mol. The minimum absolute atomic E-state index is 0.157. The third-order valence-corrected chi connectivity index (χ3v) is 1.68. The second kappa shape index (κ2) is 3.94. The zero-order chi connectivity index (χ0) is 8.20. The average molecular weight is 145 g/mol. The van der Waals surface area contributed by atoms with Gasteiger partial charge in [-0.25, -0.2) is 0 Å². The van der Waals surface area contributed by atoms with Crippen LogP contribution in [-0.2, 0) is 0 Å². The van der Waals surface area contributed by atoms with Crippen LogP contribution in [0.4, 0.5) is 0 Å². The molecule has 0 heterocycles. The van der Waals surface area contributed by atoms with Gasteiger partial charge in [-0.2, -0.15) is 0 Å². The van der Waals surface area contributed by atoms with Crippen molar-refractivity contribution < 1.29 is 5.11 Å². The Kier molecular flexibility index (Phi) is 3.91. The molecule has 0 spiro atoms. The van der Waals surface area contributed by atoms with E-state index in [0.717, 1.165) is 6.54 Å². The highest BCUT2D eigenvalue weighted by atomic mass is 16.3. The van der Waals surface area contributed by atoms with E-state index in [0.29, 0.717) is 0 Å². The van der Waals surface area contributed by atoms with E-state index >= 15 is 0 Å². The van der Waals surface area contributed by atoms with Crippen LogP contribution >= 0.6 is 0 Å². The second-order valence-corrected chi connectivity index (χ2v) is 3.66. The van der Waals surface area contributed by atoms with Crippen molar-refractivity contribution in [3.8, 4) is 0 Å². The molecule has 2 heteroatoms. The van der Waals surface area contributed by atoms with E-state index in [1.807, 2.05) is 0 Å². The number of likely N-dealkylation sites (N-methyl/N-ethyl adjacent to an activating group) is 1. The first-order valence-corrected chi connectivity index (χ1v) is 3.86. The highest BCUT2D eigenvalue weighted by Crippen LogP contribution is 2.18. The zero-order valence-corrected chi connectivity index (χ0v) is 7.44. The van der Waals surface area contributed by atoms with Crippen molar-refractivity contribution >= 4 is 0 Å². The molecule has 1 atom stereocenters. The van der Waals surface area contributed by atoms with Gasteiger partial charge in [0, 0.05) is 6.04 Å². The molecule has 0 bridgehead atoms. The molecule has 0 aliphatic rings. The van der Waals surface area contributed by atoms with Gasteiger partial charge in [-0.1, -0.05) is 27.7 Å². The minimum atomic E-state index is 0.157. The Morgan fingerprint density at radius 3 is 2.00 bits per heavy atom. The lowest BCUT2D eigenvalue weighted by atomic mass is 9.87. The Morgan fingerprint density at radius 1 is 1.40 bits per heavy atom. The standard InChI is InChI=1S/C8H19NO/c1-5-9-7(6-10)8(2,3)4/h7,9-10H,5-6H2,1-4H3. The van der Waals surface area contributed by atoms with Crippen LogP contribution in [0.5, 0.6) is 0 Å². The summed E-state index contributed by atoms with van der Waals surface area (Å²) in [5, 5.41) is 12.2. The molecule has 1 unspecified atom stereocenters. The summed E-state index contributed by atoms with van der Waals surface area (Å²) in [5.41, 5.74) is 0.157. The molecule has 0 amide bonds. The fraction of sp³-hybridized carbons (Fsp3) is 1.00. The van der Waals surface area contributed by atoms with Gasteiger partial charge in [0.2, 0.25) is 0 Å². The number of rotatable bonds is 3. The summed E-state index contributed by atoms with van der Waals surface area (Å²) < 4.78 is 0. The second-order valence-electron chi connectivity index (χ2n) is 3.66. The van der Waals surface area contributed by atoms with Gasteiger partial charge in [0.05, 0.1) is 6.61 Å². The van der Waals surface area contributed by atoms with Crippen molar-refractivity contribution in [2.24, 2.45) is 5.41 Å². The number of aliphatic hydroxyl groups excluding tert-OH is 1. The summed E-state index contributed by atoms with van der Waals surface area (Å²) in [4.78, 5) is 0. The molecule has 0 saturated carbocycles. The molecule has 0 radical (unpaired) electrons. The van der Waals surface area contributed by atoms with E-state index in [4.69, 9.17) is 5.11 Å². The van der Waals surface area contributed by atoms with Crippen LogP contribution in [0.1, 0.15) is 27.7 Å². The van der Waals surface area contributed by atoms with Crippen LogP contribution in [0, 0.1) is 5.41 Å². The van der Waals surface area contributed by atoms with Crippen molar-refractivity contribution in [3.63, 3.8) is 0 Å². The largest absolute Gasteiger partial charge is 0.395 e. The van der Waals surface area contributed by atoms with Crippen molar-refractivity contribution in [2.75, 3.05) is 13.2 Å². The number of hydrogen-bond donors (Lipinski definition) is 2. The topological polar surface area (TPSA) is 32.3 Å². The lowest BCUT2D eigenvalue weighted by Gasteiger charge is -2.29. The van der Waals surface area contributed by atoms with E-state index in [9.17, 15) is 0 Å². The van der Waals surface area contributed by atoms with Crippen molar-refractivity contribution in [1.29, 1.82) is 0 Å². The molecule has 0 aromatic carbocycles. The minimum Gasteiger partial charge on any atom is -0.395 e. The third-order valence-electron chi connectivity index (χ3n) is 1.68. The average Bonchev–Trinajstić information content (AvgIpc) is 1.80. The fourth-order valence-corrected chi connectivity index (χ4v) is 0.891. The first kappa shape index (κ1) is 9.92. The van der Waals surface area contributed by atoms with Crippen LogP contribution in [0.3, 0.4) is 0 Å². The SMILES string of the molecule is CCNC(CO)C(C)(C)C. The van der Waals surface area contributed by atoms with Crippen molar-refractivity contribution in [1.82, 2.24) is 5.32 Å². The van der Waals surface area contributed by atoms with Crippen molar-refractivity contribution in [3.05, 3.63) is 0 Å². The maximum Gasteiger partial charge on any atom is 0.0589 e. The lowest BCUT2D eigenvalue weighted by Crippen LogP contribution is -2.42. The summed E-state index contributed by atoms with van der Waals surface area (Å²) in [6, 6.07) is 0.220. The summed E-state index contributed by atoms with van der Waals surface area (Å²) in [7, 11) is 0. The predicted molar refractivity (Wildman–Crippen MR) is 44.0 cm³/mol. The maximum atomic E-state index is 8.93. The first-order valence-electron chi connectivity index (χ1n) is 3.86. The van der Waals surface area contributed by atoms with E-state index < -0.39 is 0 Å². The van der Waals surface area contributed by atoms with Gasteiger partial charge in [-0.3, -0.25) is 0 Å². The third kappa shape index (κ3) is 3.18. The molecule has 0 rings (SSSR count). The highest BCUT2D eigenvalue weighted by molar-refractivity contribution is 4.78. The van der Waals surface area contributed by atoms with Gasteiger partial charge in [-0.15, -0.1) is 0 Å². The Bertz CT molecular complexity index is 85.7. The number of nitrogens with one attached hydrogen (secondary N) is 1. The highest BCUT2D eigenvalue weighted by Gasteiger charge is 2.22. The zero-order valence-electron chi connectivity index (χ0n) is 7.44. The Hall–Kier alpha value is -0.0800. The molecule has 10 heavy (non-hydrogen) atoms. The monoisotopic (exact) mass is 145 g/mol. The van der Waals surface area contributed by atoms with Gasteiger partial charge >= 0.3 is 0 Å². The summed E-state index contributed by atoms with van der Waals surface area (Å²) >= 11 is 0. The van der Waals surface area contributed by atoms with Crippen LogP contribution in [0.2, 0.25) is 0 Å². The molecule has 0 saturated heterocycles. The molecule has 0 aliphatic heterocycles. The lowest BCUT2D eigenvalue weighted by molar-refractivity contribution is 0.161. The van der Waals surface area contributed by atoms with Gasteiger partial charge in [0.1, 0.15) is 0 Å². The Morgan fingerprint density at radius 2 is 1.90 bits per heavy atom. The molecule has 0 aromatic rings. The van der Waals surface area contributed by atoms with Gasteiger partial charge in [-0.05, 0) is 12.0 Å². The molecule has 0 fully saturated rings. The smallest absolute Gasteiger partial charge is 0.0589 e. The summed E-state index contributed by atoms with van der Waals surface area (Å²) in [6.07, 6.45) is 0. The van der Waals surface area contributed by atoms with Gasteiger partial charge < -0.3 is 10.4 Å². The Labute approximate surface area is 63.6 Å². The first-order chi connectivity index (χ1) is 4.52. The normalized spacial score (nSPS) is 15.3. The van der Waals surface area contributed by atoms with E-state index in [-0.39, 0.29) is 18.1 Å². The predicted octanol–water partition coefficient (Wildman–Crippen LogP) is 1.00. The Balaban J connectivity index is 3.81. The fourth-order valence-electron chi connectivity index (χ4n) is 0.891. The summed E-state index contributed by atoms with van der Waals surface area (Å²) in [5.74, 6) is 0. The van der Waals surface area contributed by atoms with E-state index in [1.54, 1.807) is 0 Å². The number of hydrogen-bond acceptors (Lipinski definition) is 2. The molecule has 2 nitrogen and oxygen atoms in total. The van der Waals surface area contributed by atoms with E-state index in [1.165, 1.54) is 0 Å². The van der Waals surface area contributed by atoms with E-state index in [2.05, 4.69) is 33.0 Å². The van der Waals surface area contributed by atoms with Crippen LogP contribution in [-0.4, -0.2) is 24.3 Å². The number of aliphatic hydroxyl groups is 1. The van der Waals surface area contributed by atoms with Crippen LogP contribution in [0.15, 0.2) is 0 Å². The van der Waals surface area contributed by atoms with Crippen molar-refractivity contribution in [2.45, 2.75) is 33.7 Å².